The molecule has 164 valence electrons. The van der Waals surface area contributed by atoms with Gasteiger partial charge in [0.1, 0.15) is 0 Å². The smallest absolute Gasteiger partial charge is 0.364 e. The Morgan fingerprint density at radius 2 is 1.84 bits per heavy atom. The van der Waals surface area contributed by atoms with E-state index in [1.54, 1.807) is 31.2 Å². The monoisotopic (exact) mass is 437 g/mol. The van der Waals surface area contributed by atoms with Crippen molar-refractivity contribution in [3.8, 4) is 5.88 Å². The molecule has 1 aromatic heterocycles. The molecule has 0 amide bonds. The van der Waals surface area contributed by atoms with Crippen LogP contribution in [-0.2, 0) is 4.74 Å². The number of nitro groups is 1. The fourth-order valence-electron chi connectivity index (χ4n) is 2.55. The van der Waals surface area contributed by atoms with Gasteiger partial charge in [0, 0.05) is 17.7 Å². The van der Waals surface area contributed by atoms with Crippen molar-refractivity contribution < 1.29 is 24.0 Å². The Hall–Kier alpha value is -4.41. The molecule has 3 rings (SSSR count). The highest BCUT2D eigenvalue weighted by Gasteiger charge is 2.24. The van der Waals surface area contributed by atoms with Gasteiger partial charge in [0.05, 0.1) is 17.7 Å². The van der Waals surface area contributed by atoms with Gasteiger partial charge >= 0.3 is 5.97 Å². The second-order valence-electron chi connectivity index (χ2n) is 6.52. The Morgan fingerprint density at radius 1 is 1.16 bits per heavy atom. The number of nitro benzene ring substituents is 1. The molecule has 0 fully saturated rings. The third-order valence-corrected chi connectivity index (χ3v) is 4.22. The van der Waals surface area contributed by atoms with Gasteiger partial charge in [-0.3, -0.25) is 14.9 Å². The Kier molecular flexibility index (Phi) is 7.01. The molecule has 0 N–H and O–H groups in total. The average molecular weight is 437 g/mol. The largest absolute Gasteiger partial charge is 0.466 e. The maximum absolute atomic E-state index is 12.5. The summed E-state index contributed by atoms with van der Waals surface area (Å²) in [6, 6.07) is 12.6. The van der Waals surface area contributed by atoms with Crippen LogP contribution in [0.5, 0.6) is 5.88 Å². The molecule has 0 aliphatic rings. The number of hydrogen-bond acceptors (Lipinski definition) is 9. The van der Waals surface area contributed by atoms with Crippen LogP contribution in [0.2, 0.25) is 0 Å². The first-order valence-electron chi connectivity index (χ1n) is 9.53. The van der Waals surface area contributed by atoms with Crippen molar-refractivity contribution in [2.75, 3.05) is 13.2 Å². The maximum Gasteiger partial charge on any atom is 0.364 e. The maximum atomic E-state index is 12.5. The standard InChI is InChI=1S/C21H19N5O6/c1-3-31-21(28)19-20(32-13-18(27)16-8-4-14(2)5-9-16)25(24-23-19)22-12-15-6-10-17(11-7-15)26(29)30/h4-12H,3,13H2,1-2H3/b22-12-. The van der Waals surface area contributed by atoms with Crippen molar-refractivity contribution in [3.05, 3.63) is 81.0 Å². The van der Waals surface area contributed by atoms with Crippen molar-refractivity contribution in [3.63, 3.8) is 0 Å². The molecule has 0 unspecified atom stereocenters. The van der Waals surface area contributed by atoms with Crippen LogP contribution in [0.3, 0.4) is 0 Å². The zero-order valence-electron chi connectivity index (χ0n) is 17.3. The molecule has 0 saturated carbocycles. The van der Waals surface area contributed by atoms with Crippen molar-refractivity contribution in [2.24, 2.45) is 5.10 Å². The first-order valence-corrected chi connectivity index (χ1v) is 9.53. The van der Waals surface area contributed by atoms with Gasteiger partial charge in [0.15, 0.2) is 12.4 Å². The summed E-state index contributed by atoms with van der Waals surface area (Å²) in [5.74, 6) is -1.25. The van der Waals surface area contributed by atoms with E-state index in [0.717, 1.165) is 10.4 Å². The molecule has 0 spiro atoms. The molecular weight excluding hydrogens is 418 g/mol. The molecule has 0 atom stereocenters. The molecule has 2 aromatic carbocycles. The van der Waals surface area contributed by atoms with Crippen LogP contribution >= 0.6 is 0 Å². The van der Waals surface area contributed by atoms with Crippen LogP contribution in [0.25, 0.3) is 0 Å². The van der Waals surface area contributed by atoms with Gasteiger partial charge in [-0.05, 0) is 36.8 Å². The minimum atomic E-state index is -0.776. The zero-order chi connectivity index (χ0) is 23.1. The van der Waals surface area contributed by atoms with Crippen molar-refractivity contribution in [1.29, 1.82) is 0 Å². The van der Waals surface area contributed by atoms with E-state index in [1.165, 1.54) is 30.5 Å². The van der Waals surface area contributed by atoms with E-state index in [9.17, 15) is 19.7 Å². The van der Waals surface area contributed by atoms with Crippen molar-refractivity contribution >= 4 is 23.7 Å². The number of esters is 1. The van der Waals surface area contributed by atoms with E-state index in [1.807, 2.05) is 6.92 Å². The van der Waals surface area contributed by atoms with E-state index < -0.39 is 10.9 Å². The molecule has 0 aliphatic heterocycles. The van der Waals surface area contributed by atoms with Crippen LogP contribution in [0.15, 0.2) is 53.6 Å². The number of aryl methyl sites for hydroxylation is 1. The van der Waals surface area contributed by atoms with Gasteiger partial charge in [0.2, 0.25) is 5.69 Å². The third-order valence-electron chi connectivity index (χ3n) is 4.22. The Morgan fingerprint density at radius 3 is 2.47 bits per heavy atom. The predicted octanol–water partition coefficient (Wildman–Crippen LogP) is 2.82. The number of hydrogen-bond donors (Lipinski definition) is 0. The number of ether oxygens (including phenoxy) is 2. The minimum Gasteiger partial charge on any atom is -0.466 e. The SMILES string of the molecule is CCOC(=O)c1nnn(/N=C\c2ccc([N+](=O)[O-])cc2)c1OCC(=O)c1ccc(C)cc1. The molecule has 0 aliphatic carbocycles. The van der Waals surface area contributed by atoms with Crippen molar-refractivity contribution in [2.45, 2.75) is 13.8 Å². The number of Topliss-reactive ketones (excluding diaryl/α,β-unsaturated/α-hetero) is 1. The number of rotatable bonds is 9. The molecule has 0 bridgehead atoms. The number of non-ortho nitro benzene ring substituents is 1. The van der Waals surface area contributed by atoms with E-state index in [4.69, 9.17) is 9.47 Å². The predicted molar refractivity (Wildman–Crippen MR) is 113 cm³/mol. The Bertz CT molecular complexity index is 1150. The highest BCUT2D eigenvalue weighted by molar-refractivity contribution is 5.97. The van der Waals surface area contributed by atoms with E-state index in [0.29, 0.717) is 11.1 Å². The van der Waals surface area contributed by atoms with Crippen molar-refractivity contribution in [1.82, 2.24) is 15.1 Å². The normalized spacial score (nSPS) is 10.8. The summed E-state index contributed by atoms with van der Waals surface area (Å²) < 4.78 is 10.5. The lowest BCUT2D eigenvalue weighted by molar-refractivity contribution is -0.384. The highest BCUT2D eigenvalue weighted by Crippen LogP contribution is 2.18. The average Bonchev–Trinajstić information content (AvgIpc) is 3.19. The van der Waals surface area contributed by atoms with Crippen LogP contribution in [0.1, 0.15) is 38.9 Å². The lowest BCUT2D eigenvalue weighted by Crippen LogP contribution is -2.15. The minimum absolute atomic E-state index is 0.0638. The van der Waals surface area contributed by atoms with Gasteiger partial charge in [-0.2, -0.15) is 5.10 Å². The van der Waals surface area contributed by atoms with Crippen LogP contribution in [0, 0.1) is 17.0 Å². The summed E-state index contributed by atoms with van der Waals surface area (Å²) in [7, 11) is 0. The molecule has 0 radical (unpaired) electrons. The Balaban J connectivity index is 1.82. The van der Waals surface area contributed by atoms with E-state index >= 15 is 0 Å². The summed E-state index contributed by atoms with van der Waals surface area (Å²) in [6.07, 6.45) is 1.35. The summed E-state index contributed by atoms with van der Waals surface area (Å²) in [5, 5.41) is 22.4. The highest BCUT2D eigenvalue weighted by atomic mass is 16.6. The second-order valence-corrected chi connectivity index (χ2v) is 6.52. The topological polar surface area (TPSA) is 139 Å². The lowest BCUT2D eigenvalue weighted by atomic mass is 10.1. The molecule has 11 nitrogen and oxygen atoms in total. The fourth-order valence-corrected chi connectivity index (χ4v) is 2.55. The first kappa shape index (κ1) is 22.3. The molecule has 11 heteroatoms. The summed E-state index contributed by atoms with van der Waals surface area (Å²) in [6.45, 7) is 3.27. The molecular formula is C21H19N5O6. The van der Waals surface area contributed by atoms with Gasteiger partial charge in [-0.15, -0.1) is 5.10 Å². The number of carbonyl (C=O) groups excluding carboxylic acids is 2. The summed E-state index contributed by atoms with van der Waals surface area (Å²) in [4.78, 5) is 35.8. The summed E-state index contributed by atoms with van der Waals surface area (Å²) in [5.41, 5.74) is 1.69. The summed E-state index contributed by atoms with van der Waals surface area (Å²) >= 11 is 0. The molecule has 3 aromatic rings. The first-order chi connectivity index (χ1) is 15.4. The molecule has 1 heterocycles. The second kappa shape index (κ2) is 10.1. The molecule has 32 heavy (non-hydrogen) atoms. The number of nitrogens with zero attached hydrogens (tertiary/aromatic N) is 5. The quantitative estimate of drug-likeness (QED) is 0.164. The Labute approximate surface area is 182 Å². The van der Waals surface area contributed by atoms with Crippen LogP contribution in [0.4, 0.5) is 5.69 Å². The van der Waals surface area contributed by atoms with E-state index in [2.05, 4.69) is 15.4 Å². The number of aromatic nitrogens is 3. The van der Waals surface area contributed by atoms with Gasteiger partial charge in [-0.25, -0.2) is 4.79 Å². The van der Waals surface area contributed by atoms with E-state index in [-0.39, 0.29) is 36.3 Å². The van der Waals surface area contributed by atoms with Gasteiger partial charge in [-0.1, -0.05) is 34.6 Å². The van der Waals surface area contributed by atoms with Gasteiger partial charge < -0.3 is 9.47 Å². The number of benzene rings is 2. The number of carbonyl (C=O) groups is 2. The van der Waals surface area contributed by atoms with Crippen LogP contribution in [-0.4, -0.2) is 51.2 Å². The molecule has 0 saturated heterocycles. The van der Waals surface area contributed by atoms with Gasteiger partial charge in [0.25, 0.3) is 11.6 Å². The fraction of sp³-hybridized carbons (Fsp3) is 0.190. The third kappa shape index (κ3) is 5.39. The van der Waals surface area contributed by atoms with Crippen LogP contribution < -0.4 is 4.74 Å². The lowest BCUT2D eigenvalue weighted by Gasteiger charge is -2.07. The number of ketones is 1. The zero-order valence-corrected chi connectivity index (χ0v) is 17.3.